The van der Waals surface area contributed by atoms with Crippen molar-refractivity contribution in [2.75, 3.05) is 7.05 Å². The van der Waals surface area contributed by atoms with E-state index in [1.165, 1.54) is 0 Å². The normalized spacial score (nSPS) is 14.3. The lowest BCUT2D eigenvalue weighted by atomic mass is 9.82. The predicted molar refractivity (Wildman–Crippen MR) is 103 cm³/mol. The van der Waals surface area contributed by atoms with Crippen LogP contribution in [0.5, 0.6) is 0 Å². The third-order valence-electron chi connectivity index (χ3n) is 4.15. The lowest BCUT2D eigenvalue weighted by Crippen LogP contribution is -2.29. The molecule has 1 aromatic heterocycles. The number of hydrogen-bond acceptors (Lipinski definition) is 4. The molecule has 1 aromatic rings. The zero-order valence-electron chi connectivity index (χ0n) is 16.7. The highest BCUT2D eigenvalue weighted by molar-refractivity contribution is 6.07. The van der Waals surface area contributed by atoms with Crippen LogP contribution in [-0.4, -0.2) is 28.4 Å². The largest absolute Gasteiger partial charge is 0.304 e. The van der Waals surface area contributed by atoms with E-state index in [0.29, 0.717) is 5.71 Å². The summed E-state index contributed by atoms with van der Waals surface area (Å²) in [5.41, 5.74) is 2.65. The summed E-state index contributed by atoms with van der Waals surface area (Å²) in [6, 6.07) is 0. The fourth-order valence-electron chi connectivity index (χ4n) is 2.21. The van der Waals surface area contributed by atoms with Gasteiger partial charge in [-0.15, -0.1) is 0 Å². The first-order valence-corrected chi connectivity index (χ1v) is 8.37. The van der Waals surface area contributed by atoms with Crippen LogP contribution in [0.15, 0.2) is 29.5 Å². The van der Waals surface area contributed by atoms with Crippen molar-refractivity contribution in [1.29, 1.82) is 5.41 Å². The first-order chi connectivity index (χ1) is 10.8. The summed E-state index contributed by atoms with van der Waals surface area (Å²) < 4.78 is 0. The molecule has 0 saturated carbocycles. The van der Waals surface area contributed by atoms with Gasteiger partial charge in [0.25, 0.3) is 0 Å². The SMILES string of the molecule is CN=C(/C=C\C(=N)C(C)(C)c1cnc(C(C)(C)C)cn1)C(C)(C)C. The summed E-state index contributed by atoms with van der Waals surface area (Å²) in [5, 5.41) is 8.47. The van der Waals surface area contributed by atoms with E-state index < -0.39 is 5.41 Å². The molecule has 24 heavy (non-hydrogen) atoms. The molecule has 0 spiro atoms. The summed E-state index contributed by atoms with van der Waals surface area (Å²) in [5.74, 6) is 0. The van der Waals surface area contributed by atoms with E-state index in [9.17, 15) is 0 Å². The monoisotopic (exact) mass is 328 g/mol. The van der Waals surface area contributed by atoms with E-state index >= 15 is 0 Å². The molecule has 0 atom stereocenters. The van der Waals surface area contributed by atoms with Crippen molar-refractivity contribution in [3.63, 3.8) is 0 Å². The van der Waals surface area contributed by atoms with Gasteiger partial charge >= 0.3 is 0 Å². The van der Waals surface area contributed by atoms with Gasteiger partial charge in [-0.25, -0.2) is 0 Å². The zero-order chi connectivity index (χ0) is 18.8. The summed E-state index contributed by atoms with van der Waals surface area (Å²) in [7, 11) is 1.79. The molecule has 1 rings (SSSR count). The number of nitrogens with zero attached hydrogens (tertiary/aromatic N) is 3. The quantitative estimate of drug-likeness (QED) is 0.811. The van der Waals surface area contributed by atoms with E-state index in [2.05, 4.69) is 56.5 Å². The van der Waals surface area contributed by atoms with Crippen LogP contribution >= 0.6 is 0 Å². The summed E-state index contributed by atoms with van der Waals surface area (Å²) in [6.07, 6.45) is 7.37. The maximum atomic E-state index is 8.47. The van der Waals surface area contributed by atoms with E-state index in [-0.39, 0.29) is 10.8 Å². The lowest BCUT2D eigenvalue weighted by Gasteiger charge is -2.25. The summed E-state index contributed by atoms with van der Waals surface area (Å²) in [6.45, 7) is 16.7. The number of hydrogen-bond donors (Lipinski definition) is 1. The molecule has 4 nitrogen and oxygen atoms in total. The number of rotatable bonds is 4. The zero-order valence-corrected chi connectivity index (χ0v) is 16.7. The molecule has 0 aliphatic heterocycles. The van der Waals surface area contributed by atoms with Gasteiger partial charge in [0.2, 0.25) is 0 Å². The molecule has 0 aliphatic carbocycles. The fraction of sp³-hybridized carbons (Fsp3) is 0.600. The second-order valence-electron chi connectivity index (χ2n) is 8.77. The number of allylic oxidation sites excluding steroid dienone is 2. The first kappa shape index (κ1) is 20.2. The van der Waals surface area contributed by atoms with Gasteiger partial charge in [0.05, 0.1) is 11.4 Å². The Morgan fingerprint density at radius 1 is 0.917 bits per heavy atom. The molecule has 1 heterocycles. The summed E-state index contributed by atoms with van der Waals surface area (Å²) >= 11 is 0. The van der Waals surface area contributed by atoms with Gasteiger partial charge in [0, 0.05) is 47.1 Å². The molecule has 132 valence electrons. The molecule has 0 saturated heterocycles. The molecule has 0 aliphatic rings. The van der Waals surface area contributed by atoms with E-state index in [1.807, 2.05) is 32.2 Å². The molecule has 0 fully saturated rings. The number of aromatic nitrogens is 2. The van der Waals surface area contributed by atoms with Gasteiger partial charge in [-0.2, -0.15) is 0 Å². The van der Waals surface area contributed by atoms with Crippen LogP contribution < -0.4 is 0 Å². The van der Waals surface area contributed by atoms with Crippen LogP contribution in [-0.2, 0) is 10.8 Å². The van der Waals surface area contributed by atoms with E-state index in [0.717, 1.165) is 17.1 Å². The Morgan fingerprint density at radius 3 is 1.79 bits per heavy atom. The Kier molecular flexibility index (Phi) is 5.86. The smallest absolute Gasteiger partial charge is 0.0702 e. The van der Waals surface area contributed by atoms with Gasteiger partial charge in [-0.05, 0) is 26.0 Å². The highest BCUT2D eigenvalue weighted by atomic mass is 14.8. The van der Waals surface area contributed by atoms with Crippen LogP contribution in [0.4, 0.5) is 0 Å². The predicted octanol–water partition coefficient (Wildman–Crippen LogP) is 4.74. The van der Waals surface area contributed by atoms with Crippen LogP contribution in [0, 0.1) is 10.8 Å². The van der Waals surface area contributed by atoms with Gasteiger partial charge in [-0.3, -0.25) is 15.0 Å². The lowest BCUT2D eigenvalue weighted by molar-refractivity contribution is 0.559. The molecular formula is C20H32N4. The highest BCUT2D eigenvalue weighted by Crippen LogP contribution is 2.25. The van der Waals surface area contributed by atoms with Crippen molar-refractivity contribution in [3.8, 4) is 0 Å². The molecule has 0 unspecified atom stereocenters. The second-order valence-corrected chi connectivity index (χ2v) is 8.77. The summed E-state index contributed by atoms with van der Waals surface area (Å²) in [4.78, 5) is 13.4. The average Bonchev–Trinajstić information content (AvgIpc) is 2.45. The minimum atomic E-state index is -0.503. The van der Waals surface area contributed by atoms with Gasteiger partial charge in [0.15, 0.2) is 0 Å². The Hall–Kier alpha value is -1.84. The van der Waals surface area contributed by atoms with Gasteiger partial charge in [-0.1, -0.05) is 41.5 Å². The number of aliphatic imine (C=N–C) groups is 1. The van der Waals surface area contributed by atoms with Crippen molar-refractivity contribution in [1.82, 2.24) is 9.97 Å². The average molecular weight is 329 g/mol. The van der Waals surface area contributed by atoms with Crippen molar-refractivity contribution in [2.45, 2.75) is 66.2 Å². The van der Waals surface area contributed by atoms with E-state index in [1.54, 1.807) is 13.2 Å². The van der Waals surface area contributed by atoms with E-state index in [4.69, 9.17) is 5.41 Å². The molecule has 0 aromatic carbocycles. The van der Waals surface area contributed by atoms with Crippen molar-refractivity contribution in [2.24, 2.45) is 10.4 Å². The Bertz CT molecular complexity index is 636. The fourth-order valence-corrected chi connectivity index (χ4v) is 2.21. The van der Waals surface area contributed by atoms with Gasteiger partial charge in [0.1, 0.15) is 0 Å². The van der Waals surface area contributed by atoms with Crippen LogP contribution in [0.2, 0.25) is 0 Å². The van der Waals surface area contributed by atoms with Crippen LogP contribution in [0.25, 0.3) is 0 Å². The molecular weight excluding hydrogens is 296 g/mol. The minimum absolute atomic E-state index is 0.0255. The highest BCUT2D eigenvalue weighted by Gasteiger charge is 2.28. The van der Waals surface area contributed by atoms with Gasteiger partial charge < -0.3 is 5.41 Å². The standard InChI is InChI=1S/C20H32N4/c1-18(2,3)15(22-9)11-10-14(21)20(7,8)17-13-23-16(12-24-17)19(4,5)6/h10-13,21H,1-9H3/b11-10-,21-14?,22-15?. The van der Waals surface area contributed by atoms with Crippen LogP contribution in [0.1, 0.15) is 66.8 Å². The molecule has 4 heteroatoms. The molecule has 1 N–H and O–H groups in total. The van der Waals surface area contributed by atoms with Crippen molar-refractivity contribution in [3.05, 3.63) is 35.9 Å². The maximum absolute atomic E-state index is 8.47. The first-order valence-electron chi connectivity index (χ1n) is 8.37. The Labute approximate surface area is 147 Å². The van der Waals surface area contributed by atoms with Crippen LogP contribution in [0.3, 0.4) is 0 Å². The topological polar surface area (TPSA) is 62.0 Å². The third kappa shape index (κ3) is 4.83. The molecule has 0 radical (unpaired) electrons. The van der Waals surface area contributed by atoms with Crippen molar-refractivity contribution < 1.29 is 0 Å². The second kappa shape index (κ2) is 6.96. The molecule has 0 amide bonds. The van der Waals surface area contributed by atoms with Crippen molar-refractivity contribution >= 4 is 11.4 Å². The molecule has 0 bridgehead atoms. The Balaban J connectivity index is 3.05. The Morgan fingerprint density at radius 2 is 1.42 bits per heavy atom. The maximum Gasteiger partial charge on any atom is 0.0702 e. The third-order valence-corrected chi connectivity index (χ3v) is 4.15. The number of nitrogens with one attached hydrogen (secondary N) is 1. The minimum Gasteiger partial charge on any atom is -0.304 e.